The SMILES string of the molecule is O=C(O)C1(Cc2cc3ccc(F)cc3[nH]2)CSC(COc2ccc3c(c2)CCC3)=N1. The molecule has 1 aliphatic carbocycles. The van der Waals surface area contributed by atoms with Gasteiger partial charge in [0.2, 0.25) is 0 Å². The van der Waals surface area contributed by atoms with Gasteiger partial charge in [0.25, 0.3) is 0 Å². The number of rotatable bonds is 6. The molecule has 2 heterocycles. The summed E-state index contributed by atoms with van der Waals surface area (Å²) in [5, 5.41) is 11.4. The molecule has 1 aromatic heterocycles. The van der Waals surface area contributed by atoms with Gasteiger partial charge in [-0.25, -0.2) is 9.18 Å². The minimum Gasteiger partial charge on any atom is -0.487 e. The first kappa shape index (κ1) is 19.2. The van der Waals surface area contributed by atoms with Gasteiger partial charge in [0, 0.05) is 23.4 Å². The van der Waals surface area contributed by atoms with Crippen LogP contribution in [0.15, 0.2) is 47.5 Å². The van der Waals surface area contributed by atoms with Gasteiger partial charge >= 0.3 is 5.97 Å². The third-order valence-corrected chi connectivity index (χ3v) is 6.93. The van der Waals surface area contributed by atoms with Crippen LogP contribution in [0.3, 0.4) is 0 Å². The quantitative estimate of drug-likeness (QED) is 0.616. The van der Waals surface area contributed by atoms with Crippen LogP contribution in [0.4, 0.5) is 4.39 Å². The largest absolute Gasteiger partial charge is 0.487 e. The highest BCUT2D eigenvalue weighted by molar-refractivity contribution is 8.14. The number of aliphatic imine (C=N–C) groups is 1. The van der Waals surface area contributed by atoms with E-state index in [9.17, 15) is 14.3 Å². The van der Waals surface area contributed by atoms with Crippen molar-refractivity contribution in [2.75, 3.05) is 12.4 Å². The third-order valence-electron chi connectivity index (χ3n) is 5.77. The van der Waals surface area contributed by atoms with Crippen LogP contribution < -0.4 is 4.74 Å². The molecule has 1 aliphatic heterocycles. The van der Waals surface area contributed by atoms with Crippen LogP contribution in [0, 0.1) is 5.82 Å². The zero-order valence-electron chi connectivity index (χ0n) is 16.3. The molecule has 2 aromatic carbocycles. The number of nitrogens with one attached hydrogen (secondary N) is 1. The molecule has 1 atom stereocenters. The number of carboxylic acids is 1. The average Bonchev–Trinajstić information content (AvgIpc) is 3.44. The molecule has 0 amide bonds. The van der Waals surface area contributed by atoms with Crippen LogP contribution in [0.5, 0.6) is 5.75 Å². The van der Waals surface area contributed by atoms with E-state index < -0.39 is 11.5 Å². The fraction of sp³-hybridized carbons (Fsp3) is 0.304. The van der Waals surface area contributed by atoms with E-state index in [0.29, 0.717) is 16.3 Å². The maximum Gasteiger partial charge on any atom is 0.332 e. The molecule has 0 bridgehead atoms. The summed E-state index contributed by atoms with van der Waals surface area (Å²) in [5.41, 5.74) is 2.85. The molecule has 2 N–H and O–H groups in total. The summed E-state index contributed by atoms with van der Waals surface area (Å²) < 4.78 is 19.4. The first-order valence-corrected chi connectivity index (χ1v) is 11.0. The van der Waals surface area contributed by atoms with Gasteiger partial charge in [0.15, 0.2) is 5.54 Å². The van der Waals surface area contributed by atoms with E-state index in [1.165, 1.54) is 41.4 Å². The molecule has 7 heteroatoms. The lowest BCUT2D eigenvalue weighted by Crippen LogP contribution is -2.39. The van der Waals surface area contributed by atoms with Gasteiger partial charge in [-0.2, -0.15) is 0 Å². The van der Waals surface area contributed by atoms with Crippen LogP contribution >= 0.6 is 11.8 Å². The average molecular weight is 424 g/mol. The Kier molecular flexibility index (Phi) is 4.77. The summed E-state index contributed by atoms with van der Waals surface area (Å²) in [7, 11) is 0. The summed E-state index contributed by atoms with van der Waals surface area (Å²) in [4.78, 5) is 19.8. The van der Waals surface area contributed by atoms with Crippen LogP contribution in [-0.4, -0.2) is 39.0 Å². The number of benzene rings is 2. The molecule has 154 valence electrons. The topological polar surface area (TPSA) is 74.7 Å². The Hall–Kier alpha value is -2.80. The first-order valence-electron chi connectivity index (χ1n) is 9.97. The van der Waals surface area contributed by atoms with Gasteiger partial charge in [-0.3, -0.25) is 4.99 Å². The van der Waals surface area contributed by atoms with Crippen molar-refractivity contribution in [3.63, 3.8) is 0 Å². The highest BCUT2D eigenvalue weighted by Crippen LogP contribution is 2.33. The van der Waals surface area contributed by atoms with Crippen molar-refractivity contribution in [2.45, 2.75) is 31.2 Å². The minimum absolute atomic E-state index is 0.216. The second kappa shape index (κ2) is 7.47. The number of halogens is 1. The second-order valence-electron chi connectivity index (χ2n) is 7.91. The van der Waals surface area contributed by atoms with Crippen molar-refractivity contribution < 1.29 is 19.0 Å². The Morgan fingerprint density at radius 3 is 2.93 bits per heavy atom. The lowest BCUT2D eigenvalue weighted by atomic mass is 9.96. The zero-order chi connectivity index (χ0) is 20.7. The highest BCUT2D eigenvalue weighted by atomic mass is 32.2. The van der Waals surface area contributed by atoms with Gasteiger partial charge in [0.1, 0.15) is 23.2 Å². The van der Waals surface area contributed by atoms with Crippen molar-refractivity contribution in [1.82, 2.24) is 4.98 Å². The number of aromatic nitrogens is 1. The van der Waals surface area contributed by atoms with E-state index in [1.807, 2.05) is 12.1 Å². The minimum atomic E-state index is -1.25. The van der Waals surface area contributed by atoms with E-state index in [1.54, 1.807) is 6.07 Å². The molecule has 30 heavy (non-hydrogen) atoms. The predicted molar refractivity (Wildman–Crippen MR) is 116 cm³/mol. The standard InChI is InChI=1S/C23H21FN2O3S/c24-17-6-4-16-8-18(25-20(16)10-17)11-23(22(27)28)13-30-21(26-23)12-29-19-7-5-14-2-1-3-15(14)9-19/h4-10,25H,1-3,11-13H2,(H,27,28). The first-order chi connectivity index (χ1) is 14.5. The van der Waals surface area contributed by atoms with Crippen LogP contribution in [0.2, 0.25) is 0 Å². The number of thioether (sulfide) groups is 1. The summed E-state index contributed by atoms with van der Waals surface area (Å²) in [5.74, 6) is -0.157. The smallest absolute Gasteiger partial charge is 0.332 e. The molecular weight excluding hydrogens is 403 g/mol. The third kappa shape index (κ3) is 3.58. The predicted octanol–water partition coefficient (Wildman–Crippen LogP) is 4.39. The summed E-state index contributed by atoms with van der Waals surface area (Å²) in [6.07, 6.45) is 3.61. The Morgan fingerprint density at radius 2 is 2.07 bits per heavy atom. The fourth-order valence-electron chi connectivity index (χ4n) is 4.21. The summed E-state index contributed by atoms with van der Waals surface area (Å²) in [6, 6.07) is 12.5. The van der Waals surface area contributed by atoms with Gasteiger partial charge < -0.3 is 14.8 Å². The van der Waals surface area contributed by atoms with Crippen molar-refractivity contribution in [1.29, 1.82) is 0 Å². The number of ether oxygens (including phenoxy) is 1. The molecule has 3 aromatic rings. The van der Waals surface area contributed by atoms with E-state index in [-0.39, 0.29) is 18.8 Å². The van der Waals surface area contributed by atoms with E-state index >= 15 is 0 Å². The Labute approximate surface area is 177 Å². The van der Waals surface area contributed by atoms with E-state index in [2.05, 4.69) is 22.1 Å². The van der Waals surface area contributed by atoms with Crippen molar-refractivity contribution in [3.05, 3.63) is 65.1 Å². The Morgan fingerprint density at radius 1 is 1.20 bits per heavy atom. The zero-order valence-corrected chi connectivity index (χ0v) is 17.1. The maximum atomic E-state index is 13.5. The summed E-state index contributed by atoms with van der Waals surface area (Å²) >= 11 is 1.42. The number of carboxylic acid groups (broad SMARTS) is 1. The van der Waals surface area contributed by atoms with Crippen LogP contribution in [-0.2, 0) is 24.1 Å². The molecule has 1 unspecified atom stereocenters. The van der Waals surface area contributed by atoms with E-state index in [4.69, 9.17) is 4.74 Å². The van der Waals surface area contributed by atoms with Gasteiger partial charge in [0.05, 0.1) is 0 Å². The molecule has 0 radical (unpaired) electrons. The van der Waals surface area contributed by atoms with Crippen molar-refractivity contribution >= 4 is 33.7 Å². The number of aryl methyl sites for hydroxylation is 2. The van der Waals surface area contributed by atoms with E-state index in [0.717, 1.165) is 29.7 Å². The lowest BCUT2D eigenvalue weighted by Gasteiger charge is -2.19. The number of carbonyl (C=O) groups is 1. The molecule has 2 aliphatic rings. The highest BCUT2D eigenvalue weighted by Gasteiger charge is 2.43. The molecule has 5 nitrogen and oxygen atoms in total. The van der Waals surface area contributed by atoms with Crippen LogP contribution in [0.1, 0.15) is 23.2 Å². The van der Waals surface area contributed by atoms with Crippen molar-refractivity contribution in [2.24, 2.45) is 4.99 Å². The maximum absolute atomic E-state index is 13.5. The second-order valence-corrected chi connectivity index (χ2v) is 8.96. The number of aromatic amines is 1. The number of hydrogen-bond acceptors (Lipinski definition) is 4. The molecule has 0 saturated heterocycles. The normalized spacial score (nSPS) is 20.4. The summed E-state index contributed by atoms with van der Waals surface area (Å²) in [6.45, 7) is 0.260. The van der Waals surface area contributed by atoms with Crippen LogP contribution in [0.25, 0.3) is 10.9 Å². The molecule has 0 spiro atoms. The number of fused-ring (bicyclic) bond motifs is 2. The monoisotopic (exact) mass is 424 g/mol. The molecular formula is C23H21FN2O3S. The van der Waals surface area contributed by atoms with Gasteiger partial charge in [-0.15, -0.1) is 11.8 Å². The lowest BCUT2D eigenvalue weighted by molar-refractivity contribution is -0.142. The molecule has 5 rings (SSSR count). The van der Waals surface area contributed by atoms with Crippen molar-refractivity contribution in [3.8, 4) is 5.75 Å². The number of hydrogen-bond donors (Lipinski definition) is 2. The number of H-pyrrole nitrogens is 1. The Balaban J connectivity index is 1.33. The molecule has 0 fully saturated rings. The number of nitrogens with zero attached hydrogens (tertiary/aromatic N) is 1. The molecule has 0 saturated carbocycles. The fourth-order valence-corrected chi connectivity index (χ4v) is 5.29. The van der Waals surface area contributed by atoms with Gasteiger partial charge in [-0.1, -0.05) is 6.07 Å². The number of aliphatic carboxylic acids is 1. The Bertz CT molecular complexity index is 1170. The van der Waals surface area contributed by atoms with Gasteiger partial charge in [-0.05, 0) is 72.2 Å².